The smallest absolute Gasteiger partial charge is 0.306 e. The van der Waals surface area contributed by atoms with Crippen LogP contribution in [0.2, 0.25) is 0 Å². The Morgan fingerprint density at radius 2 is 2.10 bits per heavy atom. The van der Waals surface area contributed by atoms with Crippen molar-refractivity contribution in [2.45, 2.75) is 24.2 Å². The molecule has 1 N–H and O–H groups in total. The topological polar surface area (TPSA) is 71.4 Å². The van der Waals surface area contributed by atoms with Crippen LogP contribution in [0.5, 0.6) is 0 Å². The van der Waals surface area contributed by atoms with E-state index >= 15 is 0 Å². The van der Waals surface area contributed by atoms with Crippen molar-refractivity contribution >= 4 is 21.4 Å². The van der Waals surface area contributed by atoms with Gasteiger partial charge in [0, 0.05) is 11.8 Å². The van der Waals surface area contributed by atoms with Gasteiger partial charge in [-0.25, -0.2) is 12.8 Å². The second kappa shape index (κ2) is 5.36. The third kappa shape index (κ3) is 3.07. The molecule has 1 atom stereocenters. The van der Waals surface area contributed by atoms with Gasteiger partial charge in [0.15, 0.2) is 9.84 Å². The SMILES string of the molecule is CS(=O)(=O)c1ccc(C2=CCC(C(=O)O)CC2)c(F)c1. The van der Waals surface area contributed by atoms with Crippen LogP contribution in [0.15, 0.2) is 29.2 Å². The number of allylic oxidation sites excluding steroid dienone is 2. The van der Waals surface area contributed by atoms with E-state index in [4.69, 9.17) is 5.11 Å². The zero-order valence-corrected chi connectivity index (χ0v) is 11.8. The number of halogens is 1. The summed E-state index contributed by atoms with van der Waals surface area (Å²) >= 11 is 0. The first kappa shape index (κ1) is 14.7. The van der Waals surface area contributed by atoms with E-state index in [1.807, 2.05) is 0 Å². The molecule has 0 heterocycles. The number of carboxylic acids is 1. The maximum Gasteiger partial charge on any atom is 0.306 e. The van der Waals surface area contributed by atoms with Gasteiger partial charge in [-0.15, -0.1) is 0 Å². The largest absolute Gasteiger partial charge is 0.481 e. The summed E-state index contributed by atoms with van der Waals surface area (Å²) < 4.78 is 36.7. The lowest BCUT2D eigenvalue weighted by molar-refractivity contribution is -0.141. The minimum atomic E-state index is -3.43. The summed E-state index contributed by atoms with van der Waals surface area (Å²) in [5.74, 6) is -1.85. The van der Waals surface area contributed by atoms with Crippen LogP contribution < -0.4 is 0 Å². The highest BCUT2D eigenvalue weighted by Gasteiger charge is 2.22. The summed E-state index contributed by atoms with van der Waals surface area (Å²) in [7, 11) is -3.43. The molecule has 1 unspecified atom stereocenters. The molecule has 6 heteroatoms. The maximum absolute atomic E-state index is 14.0. The van der Waals surface area contributed by atoms with Gasteiger partial charge in [0.25, 0.3) is 0 Å². The highest BCUT2D eigenvalue weighted by atomic mass is 32.2. The van der Waals surface area contributed by atoms with Crippen LogP contribution in [0.4, 0.5) is 4.39 Å². The van der Waals surface area contributed by atoms with Gasteiger partial charge < -0.3 is 5.11 Å². The zero-order valence-electron chi connectivity index (χ0n) is 11.0. The molecule has 20 heavy (non-hydrogen) atoms. The molecular formula is C14H15FO4S. The number of carboxylic acid groups (broad SMARTS) is 1. The Hall–Kier alpha value is -1.69. The molecule has 1 aromatic carbocycles. The van der Waals surface area contributed by atoms with Crippen LogP contribution in [-0.4, -0.2) is 25.7 Å². The predicted octanol–water partition coefficient (Wildman–Crippen LogP) is 2.50. The molecule has 1 aliphatic rings. The van der Waals surface area contributed by atoms with Crippen LogP contribution >= 0.6 is 0 Å². The Kier molecular flexibility index (Phi) is 3.94. The van der Waals surface area contributed by atoms with Gasteiger partial charge in [0.2, 0.25) is 0 Å². The van der Waals surface area contributed by atoms with Crippen molar-refractivity contribution in [1.29, 1.82) is 0 Å². The highest BCUT2D eigenvalue weighted by molar-refractivity contribution is 7.90. The average molecular weight is 298 g/mol. The van der Waals surface area contributed by atoms with E-state index in [9.17, 15) is 17.6 Å². The third-order valence-electron chi connectivity index (χ3n) is 3.47. The average Bonchev–Trinajstić information content (AvgIpc) is 2.37. The Balaban J connectivity index is 2.29. The van der Waals surface area contributed by atoms with E-state index in [0.717, 1.165) is 17.9 Å². The molecule has 0 bridgehead atoms. The normalized spacial score (nSPS) is 19.5. The monoisotopic (exact) mass is 298 g/mol. The van der Waals surface area contributed by atoms with E-state index in [-0.39, 0.29) is 4.90 Å². The molecule has 1 aliphatic carbocycles. The van der Waals surface area contributed by atoms with E-state index in [0.29, 0.717) is 24.8 Å². The fourth-order valence-corrected chi connectivity index (χ4v) is 2.92. The number of carbonyl (C=O) groups is 1. The summed E-state index contributed by atoms with van der Waals surface area (Å²) in [5, 5.41) is 8.91. The van der Waals surface area contributed by atoms with E-state index in [2.05, 4.69) is 0 Å². The van der Waals surface area contributed by atoms with Crippen LogP contribution in [0, 0.1) is 11.7 Å². The van der Waals surface area contributed by atoms with E-state index < -0.39 is 27.5 Å². The highest BCUT2D eigenvalue weighted by Crippen LogP contribution is 2.32. The van der Waals surface area contributed by atoms with Crippen molar-refractivity contribution in [3.63, 3.8) is 0 Å². The molecule has 0 fully saturated rings. The summed E-state index contributed by atoms with van der Waals surface area (Å²) in [6.45, 7) is 0. The van der Waals surface area contributed by atoms with Crippen LogP contribution in [0.25, 0.3) is 5.57 Å². The quantitative estimate of drug-likeness (QED) is 0.930. The summed E-state index contributed by atoms with van der Waals surface area (Å²) in [6, 6.07) is 3.82. The number of hydrogen-bond acceptors (Lipinski definition) is 3. The molecule has 4 nitrogen and oxygen atoms in total. The number of rotatable bonds is 3. The molecule has 2 rings (SSSR count). The maximum atomic E-state index is 14.0. The van der Waals surface area contributed by atoms with Gasteiger partial charge in [0.1, 0.15) is 5.82 Å². The fraction of sp³-hybridized carbons (Fsp3) is 0.357. The van der Waals surface area contributed by atoms with E-state index in [1.54, 1.807) is 6.08 Å². The van der Waals surface area contributed by atoms with Crippen molar-refractivity contribution in [1.82, 2.24) is 0 Å². The summed E-state index contributed by atoms with van der Waals surface area (Å²) in [5.41, 5.74) is 1.08. The lowest BCUT2D eigenvalue weighted by Gasteiger charge is -2.19. The number of hydrogen-bond donors (Lipinski definition) is 1. The first-order valence-electron chi connectivity index (χ1n) is 6.21. The van der Waals surface area contributed by atoms with Gasteiger partial charge in [-0.2, -0.15) is 0 Å². The molecule has 1 aromatic rings. The molecule has 0 aliphatic heterocycles. The van der Waals surface area contributed by atoms with Crippen LogP contribution in [0.3, 0.4) is 0 Å². The van der Waals surface area contributed by atoms with Crippen molar-refractivity contribution in [3.05, 3.63) is 35.7 Å². The Morgan fingerprint density at radius 1 is 1.40 bits per heavy atom. The van der Waals surface area contributed by atoms with Crippen LogP contribution in [0.1, 0.15) is 24.8 Å². The molecule has 0 saturated heterocycles. The number of aliphatic carboxylic acids is 1. The van der Waals surface area contributed by atoms with Gasteiger partial charge in [-0.1, -0.05) is 12.1 Å². The van der Waals surface area contributed by atoms with Gasteiger partial charge >= 0.3 is 5.97 Å². The molecule has 0 aromatic heterocycles. The molecular weight excluding hydrogens is 283 g/mol. The first-order valence-corrected chi connectivity index (χ1v) is 8.10. The number of benzene rings is 1. The molecule has 108 valence electrons. The minimum absolute atomic E-state index is 0.0569. The summed E-state index contributed by atoms with van der Waals surface area (Å²) in [6.07, 6.45) is 4.07. The van der Waals surface area contributed by atoms with Gasteiger partial charge in [-0.3, -0.25) is 4.79 Å². The minimum Gasteiger partial charge on any atom is -0.481 e. The Labute approximate surface area is 116 Å². The van der Waals surface area contributed by atoms with Crippen molar-refractivity contribution in [2.24, 2.45) is 5.92 Å². The Bertz CT molecular complexity index is 676. The predicted molar refractivity (Wildman–Crippen MR) is 72.5 cm³/mol. The second-order valence-corrected chi connectivity index (χ2v) is 6.97. The fourth-order valence-electron chi connectivity index (χ4n) is 2.29. The molecule has 0 saturated carbocycles. The van der Waals surface area contributed by atoms with Crippen molar-refractivity contribution in [2.75, 3.05) is 6.26 Å². The van der Waals surface area contributed by atoms with Crippen molar-refractivity contribution < 1.29 is 22.7 Å². The Morgan fingerprint density at radius 3 is 2.55 bits per heavy atom. The second-order valence-electron chi connectivity index (χ2n) is 4.95. The lowest BCUT2D eigenvalue weighted by Crippen LogP contribution is -2.16. The molecule has 0 amide bonds. The van der Waals surface area contributed by atoms with Gasteiger partial charge in [0.05, 0.1) is 10.8 Å². The molecule has 0 radical (unpaired) electrons. The van der Waals surface area contributed by atoms with Crippen molar-refractivity contribution in [3.8, 4) is 0 Å². The third-order valence-corrected chi connectivity index (χ3v) is 4.59. The van der Waals surface area contributed by atoms with E-state index in [1.165, 1.54) is 12.1 Å². The summed E-state index contributed by atoms with van der Waals surface area (Å²) in [4.78, 5) is 10.8. The van der Waals surface area contributed by atoms with Gasteiger partial charge in [-0.05, 0) is 37.0 Å². The molecule has 0 spiro atoms. The standard InChI is InChI=1S/C14H15FO4S/c1-20(18,19)11-6-7-12(13(15)8-11)9-2-4-10(5-3-9)14(16)17/h2,6-8,10H,3-5H2,1H3,(H,16,17). The van der Waals surface area contributed by atoms with Crippen LogP contribution in [-0.2, 0) is 14.6 Å². The lowest BCUT2D eigenvalue weighted by atomic mass is 9.86. The first-order chi connectivity index (χ1) is 9.29. The number of sulfone groups is 1. The zero-order chi connectivity index (χ0) is 14.9.